The molecule has 0 bridgehead atoms. The van der Waals surface area contributed by atoms with Crippen LogP contribution in [0.4, 0.5) is 0 Å². The second-order valence-electron chi connectivity index (χ2n) is 6.85. The monoisotopic (exact) mass is 395 g/mol. The van der Waals surface area contributed by atoms with Gasteiger partial charge < -0.3 is 9.32 Å². The highest BCUT2D eigenvalue weighted by atomic mass is 32.2. The van der Waals surface area contributed by atoms with Gasteiger partial charge in [0.2, 0.25) is 15.9 Å². The van der Waals surface area contributed by atoms with Crippen molar-refractivity contribution in [3.63, 3.8) is 0 Å². The number of carbonyl (C=O) groups is 1. The number of piperidine rings is 1. The van der Waals surface area contributed by atoms with Gasteiger partial charge in [-0.1, -0.05) is 6.92 Å². The first kappa shape index (κ1) is 19.6. The molecule has 1 aromatic carbocycles. The van der Waals surface area contributed by atoms with Crippen LogP contribution in [0.15, 0.2) is 32.3 Å². The standard InChI is InChI=1S/C18H25N3O5S/c1-3-13-6-4-5-11-21(13)17(22)9-10-19-27(24,25)14-7-8-15-16(12-14)26-18(23)20(15)2/h7-8,12-13,19H,3-6,9-11H2,1-2H3/t13-/m0/s1. The number of fused-ring (bicyclic) bond motifs is 1. The third-order valence-electron chi connectivity index (χ3n) is 5.12. The van der Waals surface area contributed by atoms with Crippen molar-refractivity contribution in [3.8, 4) is 0 Å². The van der Waals surface area contributed by atoms with Gasteiger partial charge in [-0.2, -0.15) is 0 Å². The molecule has 148 valence electrons. The number of nitrogens with zero attached hydrogens (tertiary/aromatic N) is 2. The van der Waals surface area contributed by atoms with E-state index in [0.717, 1.165) is 32.2 Å². The Balaban J connectivity index is 1.64. The third kappa shape index (κ3) is 4.08. The van der Waals surface area contributed by atoms with Crippen molar-refractivity contribution in [1.29, 1.82) is 0 Å². The van der Waals surface area contributed by atoms with E-state index in [1.165, 1.54) is 22.8 Å². The van der Waals surface area contributed by atoms with Crippen molar-refractivity contribution >= 4 is 27.0 Å². The van der Waals surface area contributed by atoms with Gasteiger partial charge in [0.15, 0.2) is 5.58 Å². The van der Waals surface area contributed by atoms with E-state index in [2.05, 4.69) is 11.6 Å². The van der Waals surface area contributed by atoms with E-state index >= 15 is 0 Å². The fourth-order valence-corrected chi connectivity index (χ4v) is 4.60. The summed E-state index contributed by atoms with van der Waals surface area (Å²) >= 11 is 0. The molecule has 2 aromatic rings. The maximum absolute atomic E-state index is 12.5. The number of aromatic nitrogens is 1. The van der Waals surface area contributed by atoms with Crippen molar-refractivity contribution in [1.82, 2.24) is 14.2 Å². The van der Waals surface area contributed by atoms with E-state index in [-0.39, 0.29) is 35.4 Å². The minimum Gasteiger partial charge on any atom is -0.408 e. The fourth-order valence-electron chi connectivity index (χ4n) is 3.55. The zero-order chi connectivity index (χ0) is 19.6. The number of carbonyl (C=O) groups excluding carboxylic acids is 1. The van der Waals surface area contributed by atoms with Crippen molar-refractivity contribution < 1.29 is 17.6 Å². The second kappa shape index (κ2) is 7.85. The first-order valence-electron chi connectivity index (χ1n) is 9.22. The lowest BCUT2D eigenvalue weighted by Crippen LogP contribution is -2.44. The summed E-state index contributed by atoms with van der Waals surface area (Å²) in [6, 6.07) is 4.52. The molecule has 0 saturated carbocycles. The Morgan fingerprint density at radius 2 is 2.11 bits per heavy atom. The molecule has 9 heteroatoms. The highest BCUT2D eigenvalue weighted by Gasteiger charge is 2.25. The summed E-state index contributed by atoms with van der Waals surface area (Å²) in [6.45, 7) is 2.84. The highest BCUT2D eigenvalue weighted by molar-refractivity contribution is 7.89. The van der Waals surface area contributed by atoms with E-state index in [1.54, 1.807) is 7.05 Å². The minimum atomic E-state index is -3.79. The van der Waals surface area contributed by atoms with Crippen LogP contribution < -0.4 is 10.5 Å². The van der Waals surface area contributed by atoms with E-state index in [1.807, 2.05) is 4.90 Å². The number of oxazole rings is 1. The lowest BCUT2D eigenvalue weighted by molar-refractivity contribution is -0.134. The maximum atomic E-state index is 12.5. The molecule has 0 aliphatic carbocycles. The van der Waals surface area contributed by atoms with Crippen LogP contribution in [0, 0.1) is 0 Å². The van der Waals surface area contributed by atoms with Gasteiger partial charge in [-0.3, -0.25) is 9.36 Å². The SMILES string of the molecule is CC[C@H]1CCCCN1C(=O)CCNS(=O)(=O)c1ccc2c(c1)oc(=O)n2C. The molecule has 0 radical (unpaired) electrons. The molecule has 1 aliphatic rings. The van der Waals surface area contributed by atoms with Crippen molar-refractivity contribution in [2.75, 3.05) is 13.1 Å². The van der Waals surface area contributed by atoms with Crippen LogP contribution in [0.1, 0.15) is 39.0 Å². The fraction of sp³-hybridized carbons (Fsp3) is 0.556. The molecule has 1 amide bonds. The number of rotatable bonds is 6. The first-order chi connectivity index (χ1) is 12.8. The van der Waals surface area contributed by atoms with Gasteiger partial charge >= 0.3 is 5.76 Å². The Hall–Kier alpha value is -2.13. The number of hydrogen-bond acceptors (Lipinski definition) is 5. The Kier molecular flexibility index (Phi) is 5.71. The largest absolute Gasteiger partial charge is 0.419 e. The lowest BCUT2D eigenvalue weighted by Gasteiger charge is -2.35. The van der Waals surface area contributed by atoms with E-state index in [4.69, 9.17) is 4.42 Å². The summed E-state index contributed by atoms with van der Waals surface area (Å²) in [5, 5.41) is 0. The summed E-state index contributed by atoms with van der Waals surface area (Å²) in [6.07, 6.45) is 4.18. The lowest BCUT2D eigenvalue weighted by atomic mass is 9.99. The molecule has 1 aliphatic heterocycles. The van der Waals surface area contributed by atoms with Crippen LogP contribution >= 0.6 is 0 Å². The van der Waals surface area contributed by atoms with Crippen LogP contribution in [0.25, 0.3) is 11.1 Å². The van der Waals surface area contributed by atoms with Crippen LogP contribution in [-0.2, 0) is 21.9 Å². The van der Waals surface area contributed by atoms with E-state index < -0.39 is 15.8 Å². The summed E-state index contributed by atoms with van der Waals surface area (Å²) in [4.78, 5) is 25.9. The summed E-state index contributed by atoms with van der Waals surface area (Å²) in [7, 11) is -2.24. The second-order valence-corrected chi connectivity index (χ2v) is 8.62. The number of nitrogens with one attached hydrogen (secondary N) is 1. The summed E-state index contributed by atoms with van der Waals surface area (Å²) in [5.74, 6) is -0.570. The molecule has 27 heavy (non-hydrogen) atoms. The minimum absolute atomic E-state index is 0.00112. The van der Waals surface area contributed by atoms with Crippen molar-refractivity contribution in [2.45, 2.75) is 50.0 Å². The quantitative estimate of drug-likeness (QED) is 0.800. The third-order valence-corrected chi connectivity index (χ3v) is 6.58. The van der Waals surface area contributed by atoms with Gasteiger partial charge in [-0.25, -0.2) is 17.9 Å². The highest BCUT2D eigenvalue weighted by Crippen LogP contribution is 2.20. The number of sulfonamides is 1. The Labute approximate surface area is 158 Å². The molecule has 2 heterocycles. The molecular formula is C18H25N3O5S. The summed E-state index contributed by atoms with van der Waals surface area (Å²) in [5.41, 5.74) is 0.727. The van der Waals surface area contributed by atoms with Crippen LogP contribution in [0.5, 0.6) is 0 Å². The van der Waals surface area contributed by atoms with Gasteiger partial charge in [-0.15, -0.1) is 0 Å². The predicted molar refractivity (Wildman–Crippen MR) is 101 cm³/mol. The zero-order valence-corrected chi connectivity index (χ0v) is 16.4. The molecule has 1 aromatic heterocycles. The topological polar surface area (TPSA) is 102 Å². The average Bonchev–Trinajstić information content (AvgIpc) is 2.95. The zero-order valence-electron chi connectivity index (χ0n) is 15.6. The molecule has 1 saturated heterocycles. The Morgan fingerprint density at radius 3 is 2.85 bits per heavy atom. The average molecular weight is 395 g/mol. The van der Waals surface area contributed by atoms with Gasteiger partial charge in [-0.05, 0) is 37.8 Å². The smallest absolute Gasteiger partial charge is 0.408 e. The summed E-state index contributed by atoms with van der Waals surface area (Å²) < 4.78 is 33.8. The molecule has 1 fully saturated rings. The first-order valence-corrected chi connectivity index (χ1v) is 10.7. The number of amides is 1. The molecule has 8 nitrogen and oxygen atoms in total. The molecular weight excluding hydrogens is 370 g/mol. The van der Waals surface area contributed by atoms with Gasteiger partial charge in [0.05, 0.1) is 10.4 Å². The number of hydrogen-bond donors (Lipinski definition) is 1. The van der Waals surface area contributed by atoms with E-state index in [9.17, 15) is 18.0 Å². The van der Waals surface area contributed by atoms with Gasteiger partial charge in [0.1, 0.15) is 0 Å². The molecule has 0 spiro atoms. The Morgan fingerprint density at radius 1 is 1.33 bits per heavy atom. The van der Waals surface area contributed by atoms with Crippen LogP contribution in [0.2, 0.25) is 0 Å². The van der Waals surface area contributed by atoms with Crippen molar-refractivity contribution in [3.05, 3.63) is 28.7 Å². The predicted octanol–water partition coefficient (Wildman–Crippen LogP) is 1.59. The normalized spacial score (nSPS) is 18.1. The molecule has 0 unspecified atom stereocenters. The Bertz CT molecular complexity index is 992. The molecule has 1 atom stereocenters. The van der Waals surface area contributed by atoms with Crippen LogP contribution in [-0.4, -0.2) is 42.9 Å². The van der Waals surface area contributed by atoms with Crippen molar-refractivity contribution in [2.24, 2.45) is 7.05 Å². The number of aryl methyl sites for hydroxylation is 1. The van der Waals surface area contributed by atoms with E-state index in [0.29, 0.717) is 5.52 Å². The van der Waals surface area contributed by atoms with Gasteiger partial charge in [0.25, 0.3) is 0 Å². The number of benzene rings is 1. The molecule has 3 rings (SSSR count). The maximum Gasteiger partial charge on any atom is 0.419 e. The van der Waals surface area contributed by atoms with Gasteiger partial charge in [0, 0.05) is 38.7 Å². The molecule has 1 N–H and O–H groups in total. The number of likely N-dealkylation sites (tertiary alicyclic amines) is 1. The van der Waals surface area contributed by atoms with Crippen LogP contribution in [0.3, 0.4) is 0 Å².